The van der Waals surface area contributed by atoms with Crippen molar-refractivity contribution in [3.8, 4) is 17.2 Å². The molecule has 1 amide bonds. The predicted octanol–water partition coefficient (Wildman–Crippen LogP) is 2.78. The molecule has 0 aliphatic rings. The van der Waals surface area contributed by atoms with Crippen molar-refractivity contribution in [2.45, 2.75) is 26.3 Å². The molecular weight excluding hydrogens is 386 g/mol. The third kappa shape index (κ3) is 5.94. The lowest BCUT2D eigenvalue weighted by molar-refractivity contribution is -0.120. The van der Waals surface area contributed by atoms with E-state index < -0.39 is 6.04 Å². The zero-order valence-electron chi connectivity index (χ0n) is 17.3. The molecule has 154 valence electrons. The van der Waals surface area contributed by atoms with E-state index in [-0.39, 0.29) is 24.2 Å². The van der Waals surface area contributed by atoms with Crippen LogP contribution in [0.15, 0.2) is 29.6 Å². The van der Waals surface area contributed by atoms with Gasteiger partial charge in [0.15, 0.2) is 11.6 Å². The highest BCUT2D eigenvalue weighted by Crippen LogP contribution is 2.32. The summed E-state index contributed by atoms with van der Waals surface area (Å²) in [5.41, 5.74) is 8.25. The summed E-state index contributed by atoms with van der Waals surface area (Å²) < 4.78 is 4.36. The number of rotatable bonds is 9. The summed E-state index contributed by atoms with van der Waals surface area (Å²) in [6.07, 6.45) is 0.531. The molecule has 0 fully saturated rings. The van der Waals surface area contributed by atoms with E-state index in [0.717, 1.165) is 11.1 Å². The number of hydrogen-bond acceptors (Lipinski definition) is 7. The first kappa shape index (κ1) is 22.7. The molecule has 8 heteroatoms. The van der Waals surface area contributed by atoms with E-state index in [0.29, 0.717) is 24.3 Å². The summed E-state index contributed by atoms with van der Waals surface area (Å²) in [5, 5.41) is 11.1. The Morgan fingerprint density at radius 1 is 1.24 bits per heavy atom. The molecule has 2 aromatic rings. The largest absolute Gasteiger partial charge is 0.320 e. The number of hydrogen-bond donors (Lipinski definition) is 1. The molecule has 1 atom stereocenters. The summed E-state index contributed by atoms with van der Waals surface area (Å²) in [6, 6.07) is 8.54. The first-order valence-electron chi connectivity index (χ1n) is 9.41. The first-order valence-corrected chi connectivity index (χ1v) is 10.2. The molecule has 1 aromatic carbocycles. The van der Waals surface area contributed by atoms with Crippen LogP contribution in [0.2, 0.25) is 0 Å². The number of ketones is 1. The zero-order valence-corrected chi connectivity index (χ0v) is 18.1. The van der Waals surface area contributed by atoms with Crippen LogP contribution < -0.4 is 10.6 Å². The van der Waals surface area contributed by atoms with Crippen molar-refractivity contribution in [1.82, 2.24) is 9.27 Å². The van der Waals surface area contributed by atoms with E-state index in [1.54, 1.807) is 12.1 Å². The molecule has 0 spiro atoms. The molecule has 0 saturated carbocycles. The topological polar surface area (TPSA) is 103 Å². The summed E-state index contributed by atoms with van der Waals surface area (Å²) >= 11 is 1.21. The molecule has 0 aliphatic carbocycles. The monoisotopic (exact) mass is 413 g/mol. The average Bonchev–Trinajstić information content (AvgIpc) is 3.14. The maximum absolute atomic E-state index is 12.9. The highest BCUT2D eigenvalue weighted by atomic mass is 32.1. The van der Waals surface area contributed by atoms with Crippen molar-refractivity contribution in [3.05, 3.63) is 35.2 Å². The second-order valence-electron chi connectivity index (χ2n) is 7.61. The number of nitrogens with two attached hydrogens (primary N) is 1. The van der Waals surface area contributed by atoms with Gasteiger partial charge in [-0.3, -0.25) is 14.5 Å². The molecule has 0 saturated heterocycles. The van der Waals surface area contributed by atoms with Crippen LogP contribution in [0.1, 0.15) is 30.6 Å². The Labute approximate surface area is 175 Å². The normalized spacial score (nSPS) is 12.1. The van der Waals surface area contributed by atoms with Gasteiger partial charge in [-0.2, -0.15) is 9.64 Å². The van der Waals surface area contributed by atoms with E-state index in [1.807, 2.05) is 56.4 Å². The van der Waals surface area contributed by atoms with Gasteiger partial charge in [0.25, 0.3) is 0 Å². The molecule has 1 heterocycles. The molecule has 1 aromatic heterocycles. The number of benzene rings is 1. The van der Waals surface area contributed by atoms with Gasteiger partial charge in [0.05, 0.1) is 18.7 Å². The SMILES string of the molecule is CC(C)C[C@H](N)C(=O)N(CC#N)c1nscc1-c1ccc(C(=O)CN(C)C)cc1. The number of nitrogens with zero attached hydrogens (tertiary/aromatic N) is 4. The van der Waals surface area contributed by atoms with Crippen molar-refractivity contribution < 1.29 is 9.59 Å². The Kier molecular flexibility index (Phi) is 8.02. The highest BCUT2D eigenvalue weighted by Gasteiger charge is 2.27. The lowest BCUT2D eigenvalue weighted by Gasteiger charge is -2.23. The zero-order chi connectivity index (χ0) is 21.6. The van der Waals surface area contributed by atoms with Gasteiger partial charge in [-0.05, 0) is 43.5 Å². The lowest BCUT2D eigenvalue weighted by Crippen LogP contribution is -2.45. The van der Waals surface area contributed by atoms with Crippen molar-refractivity contribution in [2.75, 3.05) is 32.1 Å². The van der Waals surface area contributed by atoms with Crippen LogP contribution in [0, 0.1) is 17.2 Å². The van der Waals surface area contributed by atoms with Crippen molar-refractivity contribution in [2.24, 2.45) is 11.7 Å². The number of aromatic nitrogens is 1. The van der Waals surface area contributed by atoms with Gasteiger partial charge < -0.3 is 10.6 Å². The predicted molar refractivity (Wildman–Crippen MR) is 116 cm³/mol. The fourth-order valence-electron chi connectivity index (χ4n) is 2.97. The number of anilines is 1. The van der Waals surface area contributed by atoms with E-state index in [2.05, 4.69) is 4.37 Å². The maximum atomic E-state index is 12.9. The van der Waals surface area contributed by atoms with Crippen LogP contribution in [0.3, 0.4) is 0 Å². The quantitative estimate of drug-likeness (QED) is 0.501. The standard InChI is InChI=1S/C21H27N5O2S/c1-14(2)11-18(23)21(28)26(10-9-22)20-17(13-29-24-20)15-5-7-16(8-6-15)19(27)12-25(3)4/h5-8,13-14,18H,10-12,23H2,1-4H3/t18-/m0/s1. The van der Waals surface area contributed by atoms with Gasteiger partial charge in [-0.15, -0.1) is 0 Å². The fraction of sp³-hybridized carbons (Fsp3) is 0.429. The third-order valence-corrected chi connectivity index (χ3v) is 4.94. The van der Waals surface area contributed by atoms with E-state index in [4.69, 9.17) is 5.73 Å². The fourth-order valence-corrected chi connectivity index (χ4v) is 3.67. The van der Waals surface area contributed by atoms with E-state index in [1.165, 1.54) is 16.4 Å². The molecule has 0 radical (unpaired) electrons. The first-order chi connectivity index (χ1) is 13.7. The Hall–Kier alpha value is -2.60. The lowest BCUT2D eigenvalue weighted by atomic mass is 10.0. The molecule has 7 nitrogen and oxygen atoms in total. The number of likely N-dealkylation sites (N-methyl/N-ethyl adjacent to an activating group) is 1. The summed E-state index contributed by atoms with van der Waals surface area (Å²) in [4.78, 5) is 28.2. The van der Waals surface area contributed by atoms with Gasteiger partial charge in [0.1, 0.15) is 6.54 Å². The Bertz CT molecular complexity index is 883. The number of nitriles is 1. The molecule has 0 unspecified atom stereocenters. The number of Topliss-reactive ketones (excluding diaryl/α,β-unsaturated/α-hetero) is 1. The van der Waals surface area contributed by atoms with E-state index >= 15 is 0 Å². The van der Waals surface area contributed by atoms with Crippen LogP contribution >= 0.6 is 11.5 Å². The van der Waals surface area contributed by atoms with Crippen LogP contribution in [0.25, 0.3) is 11.1 Å². The molecular formula is C21H27N5O2S. The smallest absolute Gasteiger partial charge is 0.246 e. The Morgan fingerprint density at radius 3 is 2.45 bits per heavy atom. The molecule has 0 aliphatic heterocycles. The van der Waals surface area contributed by atoms with Crippen molar-refractivity contribution >= 4 is 29.0 Å². The second kappa shape index (κ2) is 10.3. The van der Waals surface area contributed by atoms with E-state index in [9.17, 15) is 14.9 Å². The van der Waals surface area contributed by atoms with Crippen LogP contribution in [0.5, 0.6) is 0 Å². The summed E-state index contributed by atoms with van der Waals surface area (Å²) in [7, 11) is 3.70. The Morgan fingerprint density at radius 2 is 1.90 bits per heavy atom. The summed E-state index contributed by atoms with van der Waals surface area (Å²) in [5.74, 6) is 0.407. The van der Waals surface area contributed by atoms with Gasteiger partial charge in [-0.25, -0.2) is 0 Å². The van der Waals surface area contributed by atoms with Crippen LogP contribution in [-0.4, -0.2) is 54.2 Å². The number of amides is 1. The molecule has 2 N–H and O–H groups in total. The third-order valence-electron chi connectivity index (χ3n) is 4.32. The molecule has 29 heavy (non-hydrogen) atoms. The Balaban J connectivity index is 2.31. The minimum atomic E-state index is -0.691. The van der Waals surface area contributed by atoms with Crippen LogP contribution in [0.4, 0.5) is 5.82 Å². The number of carbonyl (C=O) groups excluding carboxylic acids is 2. The van der Waals surface area contributed by atoms with Crippen molar-refractivity contribution in [3.63, 3.8) is 0 Å². The maximum Gasteiger partial charge on any atom is 0.246 e. The minimum absolute atomic E-state index is 0.0335. The van der Waals surface area contributed by atoms with Gasteiger partial charge in [0.2, 0.25) is 5.91 Å². The average molecular weight is 414 g/mol. The summed E-state index contributed by atoms with van der Waals surface area (Å²) in [6.45, 7) is 4.20. The van der Waals surface area contributed by atoms with Gasteiger partial charge >= 0.3 is 0 Å². The number of carbonyl (C=O) groups is 2. The molecule has 0 bridgehead atoms. The molecule has 2 rings (SSSR count). The van der Waals surface area contributed by atoms with Crippen LogP contribution in [-0.2, 0) is 4.79 Å². The van der Waals surface area contributed by atoms with Gasteiger partial charge in [-0.1, -0.05) is 38.1 Å². The minimum Gasteiger partial charge on any atom is -0.320 e. The highest BCUT2D eigenvalue weighted by molar-refractivity contribution is 7.04. The second-order valence-corrected chi connectivity index (χ2v) is 8.24. The van der Waals surface area contributed by atoms with Crippen molar-refractivity contribution in [1.29, 1.82) is 5.26 Å². The van der Waals surface area contributed by atoms with Gasteiger partial charge in [0, 0.05) is 16.5 Å².